The van der Waals surface area contributed by atoms with Crippen LogP contribution in [0, 0.1) is 11.3 Å². The number of rotatable bonds is 2. The molecule has 0 amide bonds. The molecule has 0 aromatic heterocycles. The van der Waals surface area contributed by atoms with E-state index >= 15 is 0 Å². The second kappa shape index (κ2) is 3.87. The minimum atomic E-state index is 0.411. The summed E-state index contributed by atoms with van der Waals surface area (Å²) in [6, 6.07) is 0. The molecule has 0 spiro atoms. The first-order valence-electron chi connectivity index (χ1n) is 4.45. The molecule has 1 rings (SSSR count). The van der Waals surface area contributed by atoms with E-state index in [9.17, 15) is 4.53 Å². The van der Waals surface area contributed by atoms with Gasteiger partial charge in [0, 0.05) is 4.53 Å². The molecule has 1 saturated carbocycles. The summed E-state index contributed by atoms with van der Waals surface area (Å²) in [5.74, 6) is 0.411. The van der Waals surface area contributed by atoms with Gasteiger partial charge in [-0.2, -0.15) is 5.04 Å². The van der Waals surface area contributed by atoms with Gasteiger partial charge in [0.15, 0.2) is 0 Å². The first kappa shape index (κ1) is 9.49. The van der Waals surface area contributed by atoms with E-state index in [0.717, 1.165) is 12.8 Å². The van der Waals surface area contributed by atoms with E-state index in [1.807, 2.05) is 0 Å². The van der Waals surface area contributed by atoms with Crippen LogP contribution < -0.4 is 0 Å². The third kappa shape index (κ3) is 2.80. The fraction of sp³-hybridized carbons (Fsp3) is 0.889. The van der Waals surface area contributed by atoms with Crippen molar-refractivity contribution in [3.8, 4) is 0 Å². The first-order valence-corrected chi connectivity index (χ1v) is 4.45. The number of halogens is 1. The summed E-state index contributed by atoms with van der Waals surface area (Å²) >= 11 is 0. The third-order valence-corrected chi connectivity index (χ3v) is 2.70. The fourth-order valence-electron chi connectivity index (χ4n) is 1.68. The molecule has 0 aliphatic heterocycles. The van der Waals surface area contributed by atoms with Gasteiger partial charge in [-0.05, 0) is 37.0 Å². The molecule has 0 aromatic carbocycles. The van der Waals surface area contributed by atoms with Crippen molar-refractivity contribution in [2.75, 3.05) is 0 Å². The maximum atomic E-state index is 11.2. The molecule has 0 atom stereocenters. The van der Waals surface area contributed by atoms with Gasteiger partial charge in [0.2, 0.25) is 0 Å². The lowest BCUT2D eigenvalue weighted by Crippen LogP contribution is -2.21. The van der Waals surface area contributed by atoms with Crippen LogP contribution in [0.25, 0.3) is 0 Å². The number of nitrogens with zero attached hydrogens (tertiary/aromatic N) is 1. The quantitative estimate of drug-likeness (QED) is 0.464. The Morgan fingerprint density at radius 3 is 2.50 bits per heavy atom. The molecule has 2 nitrogen and oxygen atoms in total. The molecule has 0 N–H and O–H groups in total. The van der Waals surface area contributed by atoms with E-state index in [1.165, 1.54) is 12.8 Å². The van der Waals surface area contributed by atoms with Gasteiger partial charge in [-0.3, -0.25) is 0 Å². The Kier molecular flexibility index (Phi) is 3.06. The zero-order valence-corrected chi connectivity index (χ0v) is 7.72. The Bertz CT molecular complexity index is 158. The average Bonchev–Trinajstić information content (AvgIpc) is 2.03. The minimum Gasteiger partial charge on any atom is -0.174 e. The van der Waals surface area contributed by atoms with E-state index in [0.29, 0.717) is 11.3 Å². The molecule has 0 heterocycles. The van der Waals surface area contributed by atoms with Gasteiger partial charge >= 0.3 is 0 Å². The fourth-order valence-corrected chi connectivity index (χ4v) is 1.68. The summed E-state index contributed by atoms with van der Waals surface area (Å²) < 4.78 is 11.2. The van der Waals surface area contributed by atoms with Crippen molar-refractivity contribution in [2.24, 2.45) is 16.5 Å². The van der Waals surface area contributed by atoms with Crippen LogP contribution in [0.4, 0.5) is 4.53 Å². The van der Waals surface area contributed by atoms with Gasteiger partial charge in [0.05, 0.1) is 6.21 Å². The standard InChI is InChI=1S/C9H16FNO/c1-9(2)5-3-8(4-6-9)7-11-12-10/h7-8H,3-6H2,1-2H3/b11-7-. The molecule has 12 heavy (non-hydrogen) atoms. The van der Waals surface area contributed by atoms with Crippen LogP contribution in [0.2, 0.25) is 0 Å². The Labute approximate surface area is 72.7 Å². The molecular weight excluding hydrogens is 157 g/mol. The van der Waals surface area contributed by atoms with Gasteiger partial charge in [-0.15, -0.1) is 0 Å². The van der Waals surface area contributed by atoms with Crippen molar-refractivity contribution in [1.82, 2.24) is 0 Å². The largest absolute Gasteiger partial charge is 0.174 e. The summed E-state index contributed by atoms with van der Waals surface area (Å²) in [6.07, 6.45) is 6.15. The summed E-state index contributed by atoms with van der Waals surface area (Å²) in [5.41, 5.74) is 0.459. The topological polar surface area (TPSA) is 21.6 Å². The van der Waals surface area contributed by atoms with Crippen LogP contribution in [0.5, 0.6) is 0 Å². The van der Waals surface area contributed by atoms with Gasteiger partial charge in [0.1, 0.15) is 0 Å². The van der Waals surface area contributed by atoms with Crippen LogP contribution in [0.15, 0.2) is 5.16 Å². The SMILES string of the molecule is CC1(C)CCC(/C=N\OF)CC1. The second-order valence-electron chi connectivity index (χ2n) is 4.33. The Morgan fingerprint density at radius 2 is 2.00 bits per heavy atom. The summed E-state index contributed by atoms with van der Waals surface area (Å²) in [5, 5.41) is 6.32. The molecule has 3 heteroatoms. The Hall–Kier alpha value is -0.600. The lowest BCUT2D eigenvalue weighted by Gasteiger charge is -2.32. The van der Waals surface area contributed by atoms with Crippen LogP contribution in [0.1, 0.15) is 39.5 Å². The van der Waals surface area contributed by atoms with Crippen LogP contribution >= 0.6 is 0 Å². The maximum absolute atomic E-state index is 11.2. The monoisotopic (exact) mass is 173 g/mol. The first-order chi connectivity index (χ1) is 5.64. The van der Waals surface area contributed by atoms with E-state index in [-0.39, 0.29) is 0 Å². The summed E-state index contributed by atoms with van der Waals surface area (Å²) in [4.78, 5) is 0. The van der Waals surface area contributed by atoms with E-state index in [4.69, 9.17) is 0 Å². The minimum absolute atomic E-state index is 0.411. The molecule has 0 saturated heterocycles. The number of hydrogen-bond donors (Lipinski definition) is 0. The molecule has 0 bridgehead atoms. The van der Waals surface area contributed by atoms with Crippen LogP contribution in [-0.4, -0.2) is 6.21 Å². The highest BCUT2D eigenvalue weighted by molar-refractivity contribution is 5.59. The molecular formula is C9H16FNO. The molecule has 1 fully saturated rings. The maximum Gasteiger partial charge on any atom is 0.0512 e. The lowest BCUT2D eigenvalue weighted by atomic mass is 9.73. The van der Waals surface area contributed by atoms with Crippen molar-refractivity contribution >= 4 is 6.21 Å². The second-order valence-corrected chi connectivity index (χ2v) is 4.33. The number of hydrogen-bond acceptors (Lipinski definition) is 2. The zero-order valence-electron chi connectivity index (χ0n) is 7.72. The normalized spacial score (nSPS) is 24.6. The molecule has 0 unspecified atom stereocenters. The van der Waals surface area contributed by atoms with Crippen LogP contribution in [0.3, 0.4) is 0 Å². The predicted molar refractivity (Wildman–Crippen MR) is 46.4 cm³/mol. The Balaban J connectivity index is 2.31. The average molecular weight is 173 g/mol. The highest BCUT2D eigenvalue weighted by atomic mass is 19.3. The summed E-state index contributed by atoms with van der Waals surface area (Å²) in [6.45, 7) is 4.54. The smallest absolute Gasteiger partial charge is 0.0512 e. The van der Waals surface area contributed by atoms with Crippen molar-refractivity contribution in [1.29, 1.82) is 0 Å². The van der Waals surface area contributed by atoms with Gasteiger partial charge < -0.3 is 0 Å². The van der Waals surface area contributed by atoms with Gasteiger partial charge in [0.25, 0.3) is 0 Å². The molecule has 70 valence electrons. The number of oxime groups is 1. The summed E-state index contributed by atoms with van der Waals surface area (Å²) in [7, 11) is 0. The highest BCUT2D eigenvalue weighted by Crippen LogP contribution is 2.37. The van der Waals surface area contributed by atoms with Crippen molar-refractivity contribution in [2.45, 2.75) is 39.5 Å². The zero-order chi connectivity index (χ0) is 9.03. The van der Waals surface area contributed by atoms with Crippen molar-refractivity contribution in [3.05, 3.63) is 0 Å². The van der Waals surface area contributed by atoms with E-state index in [1.54, 1.807) is 6.21 Å². The molecule has 0 radical (unpaired) electrons. The molecule has 0 aromatic rings. The van der Waals surface area contributed by atoms with E-state index < -0.39 is 0 Å². The van der Waals surface area contributed by atoms with Crippen molar-refractivity contribution < 1.29 is 9.57 Å². The predicted octanol–water partition coefficient (Wildman–Crippen LogP) is 3.09. The highest BCUT2D eigenvalue weighted by Gasteiger charge is 2.25. The van der Waals surface area contributed by atoms with E-state index in [2.05, 4.69) is 24.0 Å². The van der Waals surface area contributed by atoms with Crippen molar-refractivity contribution in [3.63, 3.8) is 0 Å². The molecule has 1 aliphatic rings. The lowest BCUT2D eigenvalue weighted by molar-refractivity contribution is -0.130. The van der Waals surface area contributed by atoms with Gasteiger partial charge in [-0.25, -0.2) is 0 Å². The third-order valence-electron chi connectivity index (χ3n) is 2.70. The van der Waals surface area contributed by atoms with Gasteiger partial charge in [-0.1, -0.05) is 19.0 Å². The Morgan fingerprint density at radius 1 is 1.42 bits per heavy atom. The van der Waals surface area contributed by atoms with Crippen LogP contribution in [-0.2, 0) is 5.04 Å². The molecule has 1 aliphatic carbocycles.